The lowest BCUT2D eigenvalue weighted by Gasteiger charge is -2.32. The fraction of sp³-hybridized carbons (Fsp3) is 0.647. The van der Waals surface area contributed by atoms with Crippen molar-refractivity contribution >= 4 is 0 Å². The van der Waals surface area contributed by atoms with Crippen LogP contribution in [0.3, 0.4) is 0 Å². The number of hydrogen-bond donors (Lipinski definition) is 2. The van der Waals surface area contributed by atoms with Crippen LogP contribution in [0, 0.1) is 0 Å². The van der Waals surface area contributed by atoms with Crippen molar-refractivity contribution in [2.75, 3.05) is 20.3 Å². The van der Waals surface area contributed by atoms with Gasteiger partial charge >= 0.3 is 0 Å². The molecule has 2 rings (SSSR count). The highest BCUT2D eigenvalue weighted by molar-refractivity contribution is 5.46. The van der Waals surface area contributed by atoms with Crippen molar-refractivity contribution in [2.45, 2.75) is 51.2 Å². The summed E-state index contributed by atoms with van der Waals surface area (Å²) in [7, 11) is 1.66. The van der Waals surface area contributed by atoms with E-state index in [0.717, 1.165) is 42.7 Å². The fourth-order valence-electron chi connectivity index (χ4n) is 3.02. The second-order valence-corrected chi connectivity index (χ2v) is 5.77. The van der Waals surface area contributed by atoms with E-state index in [4.69, 9.17) is 9.47 Å². The van der Waals surface area contributed by atoms with Crippen molar-refractivity contribution < 1.29 is 14.6 Å². The predicted octanol–water partition coefficient (Wildman–Crippen LogP) is 2.88. The lowest BCUT2D eigenvalue weighted by atomic mass is 9.85. The van der Waals surface area contributed by atoms with E-state index in [1.807, 2.05) is 25.1 Å². The van der Waals surface area contributed by atoms with Crippen LogP contribution in [-0.4, -0.2) is 31.0 Å². The molecule has 0 amide bonds. The molecule has 0 atom stereocenters. The fourth-order valence-corrected chi connectivity index (χ4v) is 3.02. The van der Waals surface area contributed by atoms with Gasteiger partial charge in [0.05, 0.1) is 19.3 Å². The predicted molar refractivity (Wildman–Crippen MR) is 83.9 cm³/mol. The Morgan fingerprint density at radius 1 is 1.24 bits per heavy atom. The molecule has 0 radical (unpaired) electrons. The van der Waals surface area contributed by atoms with Crippen LogP contribution in [0.4, 0.5) is 0 Å². The standard InChI is InChI=1S/C17H27NO3/c1-3-21-15-9-7-8-14(16(15)20-2)12-18-13-17(19)10-5-4-6-11-17/h7-9,18-19H,3-6,10-13H2,1-2H3. The van der Waals surface area contributed by atoms with E-state index >= 15 is 0 Å². The maximum absolute atomic E-state index is 10.5. The zero-order valence-electron chi connectivity index (χ0n) is 13.2. The van der Waals surface area contributed by atoms with Gasteiger partial charge in [0.1, 0.15) is 0 Å². The van der Waals surface area contributed by atoms with Crippen molar-refractivity contribution in [3.05, 3.63) is 23.8 Å². The third-order valence-electron chi connectivity index (χ3n) is 4.12. The summed E-state index contributed by atoms with van der Waals surface area (Å²) in [6.45, 7) is 3.89. The molecule has 0 spiro atoms. The van der Waals surface area contributed by atoms with E-state index in [2.05, 4.69) is 5.32 Å². The van der Waals surface area contributed by atoms with E-state index in [0.29, 0.717) is 19.7 Å². The van der Waals surface area contributed by atoms with Gasteiger partial charge in [-0.05, 0) is 25.8 Å². The molecular formula is C17H27NO3. The molecule has 1 aliphatic carbocycles. The van der Waals surface area contributed by atoms with Crippen LogP contribution < -0.4 is 14.8 Å². The molecular weight excluding hydrogens is 266 g/mol. The largest absolute Gasteiger partial charge is 0.493 e. The summed E-state index contributed by atoms with van der Waals surface area (Å²) in [4.78, 5) is 0. The average Bonchev–Trinajstić information content (AvgIpc) is 2.48. The van der Waals surface area contributed by atoms with Crippen molar-refractivity contribution in [2.24, 2.45) is 0 Å². The second-order valence-electron chi connectivity index (χ2n) is 5.77. The zero-order valence-corrected chi connectivity index (χ0v) is 13.2. The molecule has 21 heavy (non-hydrogen) atoms. The second kappa shape index (κ2) is 7.66. The van der Waals surface area contributed by atoms with E-state index in [1.54, 1.807) is 7.11 Å². The summed E-state index contributed by atoms with van der Waals surface area (Å²) in [5, 5.41) is 13.9. The smallest absolute Gasteiger partial charge is 0.165 e. The Morgan fingerprint density at radius 2 is 2.00 bits per heavy atom. The van der Waals surface area contributed by atoms with E-state index < -0.39 is 5.60 Å². The summed E-state index contributed by atoms with van der Waals surface area (Å²) >= 11 is 0. The number of nitrogens with one attached hydrogen (secondary N) is 1. The molecule has 1 aromatic rings. The minimum atomic E-state index is -0.539. The lowest BCUT2D eigenvalue weighted by Crippen LogP contribution is -2.41. The molecule has 0 heterocycles. The Bertz CT molecular complexity index is 442. The van der Waals surface area contributed by atoms with Crippen LogP contribution in [0.15, 0.2) is 18.2 Å². The van der Waals surface area contributed by atoms with Crippen LogP contribution in [-0.2, 0) is 6.54 Å². The summed E-state index contributed by atoms with van der Waals surface area (Å²) in [6, 6.07) is 5.92. The molecule has 2 N–H and O–H groups in total. The molecule has 4 nitrogen and oxygen atoms in total. The topological polar surface area (TPSA) is 50.7 Å². The van der Waals surface area contributed by atoms with Gasteiger partial charge < -0.3 is 19.9 Å². The maximum Gasteiger partial charge on any atom is 0.165 e. The Kier molecular flexibility index (Phi) is 5.88. The first-order valence-corrected chi connectivity index (χ1v) is 7.90. The molecule has 1 aromatic carbocycles. The van der Waals surface area contributed by atoms with Gasteiger partial charge in [-0.15, -0.1) is 0 Å². The van der Waals surface area contributed by atoms with Crippen molar-refractivity contribution in [1.29, 1.82) is 0 Å². The first-order chi connectivity index (χ1) is 10.2. The molecule has 4 heteroatoms. The third-order valence-corrected chi connectivity index (χ3v) is 4.12. The zero-order chi connectivity index (χ0) is 15.1. The van der Waals surface area contributed by atoms with E-state index in [9.17, 15) is 5.11 Å². The molecule has 0 unspecified atom stereocenters. The summed E-state index contributed by atoms with van der Waals surface area (Å²) in [5.41, 5.74) is 0.520. The Balaban J connectivity index is 1.94. The maximum atomic E-state index is 10.5. The van der Waals surface area contributed by atoms with Gasteiger partial charge in [0.25, 0.3) is 0 Å². The summed E-state index contributed by atoms with van der Waals surface area (Å²) in [6.07, 6.45) is 5.29. The minimum Gasteiger partial charge on any atom is -0.493 e. The summed E-state index contributed by atoms with van der Waals surface area (Å²) < 4.78 is 11.1. The van der Waals surface area contributed by atoms with Gasteiger partial charge in [-0.1, -0.05) is 31.4 Å². The first-order valence-electron chi connectivity index (χ1n) is 7.90. The van der Waals surface area contributed by atoms with Crippen LogP contribution in [0.1, 0.15) is 44.6 Å². The van der Waals surface area contributed by atoms with Crippen LogP contribution in [0.5, 0.6) is 11.5 Å². The molecule has 0 aliphatic heterocycles. The van der Waals surface area contributed by atoms with Crippen molar-refractivity contribution in [1.82, 2.24) is 5.32 Å². The SMILES string of the molecule is CCOc1cccc(CNCC2(O)CCCCC2)c1OC. The number of aliphatic hydroxyl groups is 1. The number of rotatable bonds is 7. The first kappa shape index (κ1) is 16.1. The Hall–Kier alpha value is -1.26. The van der Waals surface area contributed by atoms with Gasteiger partial charge in [-0.2, -0.15) is 0 Å². The Morgan fingerprint density at radius 3 is 2.67 bits per heavy atom. The van der Waals surface area contributed by atoms with Gasteiger partial charge in [0.2, 0.25) is 0 Å². The number of methoxy groups -OCH3 is 1. The van der Waals surface area contributed by atoms with Crippen molar-refractivity contribution in [3.8, 4) is 11.5 Å². The highest BCUT2D eigenvalue weighted by Gasteiger charge is 2.28. The normalized spacial score (nSPS) is 17.5. The van der Waals surface area contributed by atoms with Gasteiger partial charge in [-0.3, -0.25) is 0 Å². The minimum absolute atomic E-state index is 0.539. The highest BCUT2D eigenvalue weighted by Crippen LogP contribution is 2.31. The monoisotopic (exact) mass is 293 g/mol. The molecule has 118 valence electrons. The Labute approximate surface area is 127 Å². The van der Waals surface area contributed by atoms with Crippen molar-refractivity contribution in [3.63, 3.8) is 0 Å². The molecule has 0 saturated heterocycles. The van der Waals surface area contributed by atoms with Crippen LogP contribution >= 0.6 is 0 Å². The molecule has 1 fully saturated rings. The quantitative estimate of drug-likeness (QED) is 0.811. The van der Waals surface area contributed by atoms with Gasteiger partial charge in [0.15, 0.2) is 11.5 Å². The highest BCUT2D eigenvalue weighted by atomic mass is 16.5. The van der Waals surface area contributed by atoms with Crippen LogP contribution in [0.2, 0.25) is 0 Å². The summed E-state index contributed by atoms with van der Waals surface area (Å²) in [5.74, 6) is 1.55. The number of benzene rings is 1. The van der Waals surface area contributed by atoms with E-state index in [-0.39, 0.29) is 0 Å². The molecule has 1 saturated carbocycles. The molecule has 1 aliphatic rings. The van der Waals surface area contributed by atoms with E-state index in [1.165, 1.54) is 6.42 Å². The van der Waals surface area contributed by atoms with Crippen LogP contribution in [0.25, 0.3) is 0 Å². The number of ether oxygens (including phenoxy) is 2. The number of para-hydroxylation sites is 1. The lowest BCUT2D eigenvalue weighted by molar-refractivity contribution is 0.00464. The average molecular weight is 293 g/mol. The van der Waals surface area contributed by atoms with Gasteiger partial charge in [0, 0.05) is 18.7 Å². The molecule has 0 bridgehead atoms. The third kappa shape index (κ3) is 4.35. The van der Waals surface area contributed by atoms with Gasteiger partial charge in [-0.25, -0.2) is 0 Å². The molecule has 0 aromatic heterocycles. The number of hydrogen-bond acceptors (Lipinski definition) is 4.